The van der Waals surface area contributed by atoms with Crippen LogP contribution in [0, 0.1) is 6.92 Å². The molecule has 7 heteroatoms. The third-order valence-electron chi connectivity index (χ3n) is 5.25. The van der Waals surface area contributed by atoms with E-state index in [9.17, 15) is 9.59 Å². The molecule has 3 aromatic rings. The standard InChI is InChI=1S/C22H23N3O3S/c1-15-13-18(22(29-15)21(27)19-6-4-12-28-19)20(17-5-3-7-23-14-17)25-10-8-24(9-11-25)16(2)26/h3-7,12-14,20H,8-11H2,1-2H3. The molecule has 0 radical (unpaired) electrons. The van der Waals surface area contributed by atoms with Crippen LogP contribution >= 0.6 is 11.3 Å². The predicted molar refractivity (Wildman–Crippen MR) is 111 cm³/mol. The molecule has 150 valence electrons. The van der Waals surface area contributed by atoms with Crippen LogP contribution in [0.3, 0.4) is 0 Å². The third kappa shape index (κ3) is 4.02. The zero-order valence-electron chi connectivity index (χ0n) is 16.5. The van der Waals surface area contributed by atoms with Crippen molar-refractivity contribution in [1.82, 2.24) is 14.8 Å². The molecule has 0 aliphatic carbocycles. The van der Waals surface area contributed by atoms with Crippen molar-refractivity contribution >= 4 is 23.0 Å². The number of hydrogen-bond acceptors (Lipinski definition) is 6. The minimum Gasteiger partial charge on any atom is -0.461 e. The van der Waals surface area contributed by atoms with Gasteiger partial charge in [0.2, 0.25) is 11.7 Å². The van der Waals surface area contributed by atoms with Gasteiger partial charge < -0.3 is 9.32 Å². The van der Waals surface area contributed by atoms with Gasteiger partial charge in [-0.25, -0.2) is 0 Å². The van der Waals surface area contributed by atoms with Crippen LogP contribution in [0.25, 0.3) is 0 Å². The summed E-state index contributed by atoms with van der Waals surface area (Å²) in [5.74, 6) is 0.349. The van der Waals surface area contributed by atoms with E-state index in [-0.39, 0.29) is 17.7 Å². The first-order chi connectivity index (χ1) is 14.0. The zero-order valence-corrected chi connectivity index (χ0v) is 17.3. The Morgan fingerprint density at radius 1 is 1.17 bits per heavy atom. The van der Waals surface area contributed by atoms with Crippen molar-refractivity contribution < 1.29 is 14.0 Å². The predicted octanol–water partition coefficient (Wildman–Crippen LogP) is 3.53. The lowest BCUT2D eigenvalue weighted by molar-refractivity contribution is -0.130. The molecule has 6 nitrogen and oxygen atoms in total. The second-order valence-corrected chi connectivity index (χ2v) is 8.44. The maximum Gasteiger partial charge on any atom is 0.238 e. The lowest BCUT2D eigenvalue weighted by atomic mass is 9.96. The molecule has 0 saturated carbocycles. The number of aryl methyl sites for hydroxylation is 1. The summed E-state index contributed by atoms with van der Waals surface area (Å²) in [7, 11) is 0. The molecule has 1 atom stereocenters. The van der Waals surface area contributed by atoms with E-state index in [2.05, 4.69) is 16.0 Å². The van der Waals surface area contributed by atoms with E-state index in [1.165, 1.54) is 17.6 Å². The number of ketones is 1. The fraction of sp³-hybridized carbons (Fsp3) is 0.318. The Balaban J connectivity index is 1.73. The number of rotatable bonds is 5. The summed E-state index contributed by atoms with van der Waals surface area (Å²) in [4.78, 5) is 35.1. The number of carbonyl (C=O) groups is 2. The van der Waals surface area contributed by atoms with Gasteiger partial charge in [-0.1, -0.05) is 6.07 Å². The summed E-state index contributed by atoms with van der Waals surface area (Å²) in [5.41, 5.74) is 2.01. The summed E-state index contributed by atoms with van der Waals surface area (Å²) in [5, 5.41) is 0. The first-order valence-corrected chi connectivity index (χ1v) is 10.4. The van der Waals surface area contributed by atoms with Crippen LogP contribution in [0.5, 0.6) is 0 Å². The number of carbonyl (C=O) groups excluding carboxylic acids is 2. The molecular weight excluding hydrogens is 386 g/mol. The van der Waals surface area contributed by atoms with E-state index in [1.54, 1.807) is 25.3 Å². The van der Waals surface area contributed by atoms with E-state index >= 15 is 0 Å². The highest BCUT2D eigenvalue weighted by molar-refractivity contribution is 7.14. The number of nitrogens with zero attached hydrogens (tertiary/aromatic N) is 3. The lowest BCUT2D eigenvalue weighted by Crippen LogP contribution is -2.49. The van der Waals surface area contributed by atoms with Crippen LogP contribution in [0.2, 0.25) is 0 Å². The summed E-state index contributed by atoms with van der Waals surface area (Å²) in [6.07, 6.45) is 5.13. The maximum absolute atomic E-state index is 13.1. The molecule has 3 aromatic heterocycles. The summed E-state index contributed by atoms with van der Waals surface area (Å²) >= 11 is 1.49. The van der Waals surface area contributed by atoms with Gasteiger partial charge in [0.15, 0.2) is 5.76 Å². The SMILES string of the molecule is CC(=O)N1CCN(C(c2cccnc2)c2cc(C)sc2C(=O)c2ccco2)CC1. The smallest absolute Gasteiger partial charge is 0.238 e. The van der Waals surface area contributed by atoms with Crippen LogP contribution in [-0.4, -0.2) is 52.7 Å². The van der Waals surface area contributed by atoms with E-state index in [1.807, 2.05) is 30.2 Å². The van der Waals surface area contributed by atoms with Crippen molar-refractivity contribution in [2.75, 3.05) is 26.2 Å². The number of furan rings is 1. The van der Waals surface area contributed by atoms with Crippen LogP contribution in [-0.2, 0) is 4.79 Å². The molecule has 0 aromatic carbocycles. The van der Waals surface area contributed by atoms with E-state index in [4.69, 9.17) is 4.42 Å². The van der Waals surface area contributed by atoms with Crippen molar-refractivity contribution in [3.05, 3.63) is 75.6 Å². The highest BCUT2D eigenvalue weighted by atomic mass is 32.1. The van der Waals surface area contributed by atoms with Crippen LogP contribution < -0.4 is 0 Å². The zero-order chi connectivity index (χ0) is 20.4. The largest absolute Gasteiger partial charge is 0.461 e. The van der Waals surface area contributed by atoms with Crippen LogP contribution in [0.15, 0.2) is 53.4 Å². The Morgan fingerprint density at radius 3 is 2.59 bits per heavy atom. The van der Waals surface area contributed by atoms with Gasteiger partial charge in [-0.3, -0.25) is 19.5 Å². The van der Waals surface area contributed by atoms with Crippen LogP contribution in [0.4, 0.5) is 0 Å². The Labute approximate surface area is 173 Å². The van der Waals surface area contributed by atoms with Crippen molar-refractivity contribution in [1.29, 1.82) is 0 Å². The lowest BCUT2D eigenvalue weighted by Gasteiger charge is -2.39. The van der Waals surface area contributed by atoms with Gasteiger partial charge in [0.05, 0.1) is 17.2 Å². The Kier molecular flexibility index (Phi) is 5.60. The quantitative estimate of drug-likeness (QED) is 0.603. The molecule has 1 aliphatic rings. The number of piperazine rings is 1. The Bertz CT molecular complexity index is 990. The van der Waals surface area contributed by atoms with Gasteiger partial charge in [-0.05, 0) is 42.3 Å². The van der Waals surface area contributed by atoms with Crippen molar-refractivity contribution in [3.8, 4) is 0 Å². The normalized spacial score (nSPS) is 16.0. The molecule has 29 heavy (non-hydrogen) atoms. The molecule has 0 bridgehead atoms. The van der Waals surface area contributed by atoms with Gasteiger partial charge in [0.25, 0.3) is 0 Å². The second-order valence-electron chi connectivity index (χ2n) is 7.18. The average molecular weight is 410 g/mol. The fourth-order valence-corrected chi connectivity index (χ4v) is 4.84. The van der Waals surface area contributed by atoms with E-state index in [0.29, 0.717) is 23.7 Å². The van der Waals surface area contributed by atoms with Crippen molar-refractivity contribution in [2.45, 2.75) is 19.9 Å². The van der Waals surface area contributed by atoms with Gasteiger partial charge in [0.1, 0.15) is 0 Å². The number of hydrogen-bond donors (Lipinski definition) is 0. The highest BCUT2D eigenvalue weighted by Crippen LogP contribution is 2.37. The summed E-state index contributed by atoms with van der Waals surface area (Å²) < 4.78 is 5.37. The molecule has 1 amide bonds. The minimum absolute atomic E-state index is 0.0978. The molecule has 4 rings (SSSR count). The molecule has 1 saturated heterocycles. The van der Waals surface area contributed by atoms with Crippen molar-refractivity contribution in [2.24, 2.45) is 0 Å². The number of aromatic nitrogens is 1. The molecule has 0 N–H and O–H groups in total. The second kappa shape index (κ2) is 8.31. The highest BCUT2D eigenvalue weighted by Gasteiger charge is 2.32. The minimum atomic E-state index is -0.100. The number of thiophene rings is 1. The maximum atomic E-state index is 13.1. The average Bonchev–Trinajstić information content (AvgIpc) is 3.39. The van der Waals surface area contributed by atoms with Gasteiger partial charge >= 0.3 is 0 Å². The van der Waals surface area contributed by atoms with Gasteiger partial charge in [-0.2, -0.15) is 0 Å². The molecule has 4 heterocycles. The van der Waals surface area contributed by atoms with Gasteiger partial charge in [0, 0.05) is 50.4 Å². The van der Waals surface area contributed by atoms with Crippen molar-refractivity contribution in [3.63, 3.8) is 0 Å². The first-order valence-electron chi connectivity index (χ1n) is 9.62. The van der Waals surface area contributed by atoms with E-state index < -0.39 is 0 Å². The monoisotopic (exact) mass is 409 g/mol. The van der Waals surface area contributed by atoms with Gasteiger partial charge in [-0.15, -0.1) is 11.3 Å². The van der Waals surface area contributed by atoms with E-state index in [0.717, 1.165) is 29.1 Å². The molecular formula is C22H23N3O3S. The Morgan fingerprint density at radius 2 is 1.97 bits per heavy atom. The summed E-state index contributed by atoms with van der Waals surface area (Å²) in [6, 6.07) is 9.39. The molecule has 1 fully saturated rings. The third-order valence-corrected chi connectivity index (χ3v) is 6.32. The first kappa shape index (κ1) is 19.5. The molecule has 1 unspecified atom stereocenters. The summed E-state index contributed by atoms with van der Waals surface area (Å²) in [6.45, 7) is 6.45. The topological polar surface area (TPSA) is 66.7 Å². The number of amides is 1. The van der Waals surface area contributed by atoms with Crippen LogP contribution in [0.1, 0.15) is 44.4 Å². The fourth-order valence-electron chi connectivity index (χ4n) is 3.85. The molecule has 0 spiro atoms. The Hall–Kier alpha value is -2.77. The molecule has 1 aliphatic heterocycles. The number of pyridine rings is 1.